The molecule has 0 radical (unpaired) electrons. The monoisotopic (exact) mass is 444 g/mol. The zero-order valence-electron chi connectivity index (χ0n) is 17.7. The van der Waals surface area contributed by atoms with E-state index in [4.69, 9.17) is 0 Å². The SMILES string of the molecule is Cc1ccc(S(=O)(=O)NC(Cc2ccccc2)C(=O)Nc2ccccc2)c2ccccc12. The number of para-hydroxylation sites is 1. The highest BCUT2D eigenvalue weighted by Crippen LogP contribution is 2.26. The molecule has 162 valence electrons. The molecule has 4 rings (SSSR count). The molecule has 32 heavy (non-hydrogen) atoms. The first kappa shape index (κ1) is 21.7. The van der Waals surface area contributed by atoms with Gasteiger partial charge in [-0.1, -0.05) is 78.9 Å². The molecule has 0 saturated heterocycles. The van der Waals surface area contributed by atoms with Crippen LogP contribution in [0.15, 0.2) is 102 Å². The van der Waals surface area contributed by atoms with Crippen LogP contribution in [0.3, 0.4) is 0 Å². The summed E-state index contributed by atoms with van der Waals surface area (Å²) < 4.78 is 29.5. The van der Waals surface area contributed by atoms with E-state index in [0.717, 1.165) is 16.5 Å². The lowest BCUT2D eigenvalue weighted by Gasteiger charge is -2.20. The molecule has 4 aromatic carbocycles. The van der Waals surface area contributed by atoms with Crippen LogP contribution in [-0.2, 0) is 21.2 Å². The van der Waals surface area contributed by atoms with E-state index in [1.807, 2.05) is 73.7 Å². The molecule has 0 bridgehead atoms. The summed E-state index contributed by atoms with van der Waals surface area (Å²) in [6, 6.07) is 28.1. The second-order valence-corrected chi connectivity index (χ2v) is 9.33. The highest BCUT2D eigenvalue weighted by atomic mass is 32.2. The van der Waals surface area contributed by atoms with Crippen molar-refractivity contribution in [3.8, 4) is 0 Å². The smallest absolute Gasteiger partial charge is 0.242 e. The lowest BCUT2D eigenvalue weighted by molar-refractivity contribution is -0.117. The summed E-state index contributed by atoms with van der Waals surface area (Å²) in [4.78, 5) is 13.3. The van der Waals surface area contributed by atoms with Crippen molar-refractivity contribution in [2.45, 2.75) is 24.3 Å². The summed E-state index contributed by atoms with van der Waals surface area (Å²) in [6.07, 6.45) is 0.225. The first-order valence-electron chi connectivity index (χ1n) is 10.3. The predicted octanol–water partition coefficient (Wildman–Crippen LogP) is 4.68. The third-order valence-electron chi connectivity index (χ3n) is 5.33. The van der Waals surface area contributed by atoms with Crippen molar-refractivity contribution in [3.63, 3.8) is 0 Å². The maximum absolute atomic E-state index is 13.4. The fourth-order valence-electron chi connectivity index (χ4n) is 3.70. The number of amides is 1. The molecule has 2 N–H and O–H groups in total. The molecule has 0 spiro atoms. The quantitative estimate of drug-likeness (QED) is 0.435. The maximum atomic E-state index is 13.4. The highest BCUT2D eigenvalue weighted by molar-refractivity contribution is 7.89. The van der Waals surface area contributed by atoms with Crippen LogP contribution in [0.1, 0.15) is 11.1 Å². The van der Waals surface area contributed by atoms with Gasteiger partial charge in [0.2, 0.25) is 15.9 Å². The number of anilines is 1. The Morgan fingerprint density at radius 1 is 0.781 bits per heavy atom. The molecule has 0 aromatic heterocycles. The number of aryl methyl sites for hydroxylation is 1. The molecule has 1 unspecified atom stereocenters. The second kappa shape index (κ2) is 9.34. The number of sulfonamides is 1. The standard InChI is InChI=1S/C26H24N2O3S/c1-19-16-17-25(23-15-9-8-14-22(19)23)32(30,31)28-24(18-20-10-4-2-5-11-20)26(29)27-21-12-6-3-7-13-21/h2-17,24,28H,18H2,1H3,(H,27,29). The highest BCUT2D eigenvalue weighted by Gasteiger charge is 2.27. The fourth-order valence-corrected chi connectivity index (χ4v) is 5.10. The largest absolute Gasteiger partial charge is 0.325 e. The molecular weight excluding hydrogens is 420 g/mol. The molecular formula is C26H24N2O3S. The van der Waals surface area contributed by atoms with Crippen LogP contribution in [0.5, 0.6) is 0 Å². The van der Waals surface area contributed by atoms with Crippen LogP contribution >= 0.6 is 0 Å². The minimum atomic E-state index is -3.97. The summed E-state index contributed by atoms with van der Waals surface area (Å²) >= 11 is 0. The lowest BCUT2D eigenvalue weighted by Crippen LogP contribution is -2.45. The van der Waals surface area contributed by atoms with Gasteiger partial charge in [0.15, 0.2) is 0 Å². The Bertz CT molecular complexity index is 1340. The topological polar surface area (TPSA) is 75.3 Å². The van der Waals surface area contributed by atoms with Crippen molar-refractivity contribution in [1.29, 1.82) is 0 Å². The maximum Gasteiger partial charge on any atom is 0.242 e. The normalized spacial score (nSPS) is 12.4. The average Bonchev–Trinajstić information content (AvgIpc) is 2.80. The van der Waals surface area contributed by atoms with Crippen molar-refractivity contribution < 1.29 is 13.2 Å². The lowest BCUT2D eigenvalue weighted by atomic mass is 10.1. The number of fused-ring (bicyclic) bond motifs is 1. The van der Waals surface area contributed by atoms with Crippen molar-refractivity contribution in [1.82, 2.24) is 4.72 Å². The van der Waals surface area contributed by atoms with E-state index in [0.29, 0.717) is 11.1 Å². The Morgan fingerprint density at radius 2 is 1.38 bits per heavy atom. The van der Waals surface area contributed by atoms with Gasteiger partial charge in [-0.05, 0) is 48.1 Å². The molecule has 4 aromatic rings. The van der Waals surface area contributed by atoms with Crippen LogP contribution in [-0.4, -0.2) is 20.4 Å². The van der Waals surface area contributed by atoms with E-state index in [-0.39, 0.29) is 11.3 Å². The number of rotatable bonds is 7. The molecule has 1 amide bonds. The number of benzene rings is 4. The van der Waals surface area contributed by atoms with Gasteiger partial charge in [-0.3, -0.25) is 4.79 Å². The number of nitrogens with one attached hydrogen (secondary N) is 2. The number of hydrogen-bond donors (Lipinski definition) is 2. The summed E-state index contributed by atoms with van der Waals surface area (Å²) in [5.41, 5.74) is 2.45. The van der Waals surface area contributed by atoms with Crippen molar-refractivity contribution in [3.05, 3.63) is 108 Å². The summed E-state index contributed by atoms with van der Waals surface area (Å²) in [5, 5.41) is 4.31. The van der Waals surface area contributed by atoms with Gasteiger partial charge in [0, 0.05) is 11.1 Å². The van der Waals surface area contributed by atoms with E-state index in [1.165, 1.54) is 0 Å². The van der Waals surface area contributed by atoms with Crippen LogP contribution in [0.25, 0.3) is 10.8 Å². The summed E-state index contributed by atoms with van der Waals surface area (Å²) in [6.45, 7) is 1.94. The van der Waals surface area contributed by atoms with Gasteiger partial charge in [-0.15, -0.1) is 0 Å². The van der Waals surface area contributed by atoms with Gasteiger partial charge < -0.3 is 5.32 Å². The van der Waals surface area contributed by atoms with Gasteiger partial charge in [-0.2, -0.15) is 4.72 Å². The molecule has 5 nitrogen and oxygen atoms in total. The molecule has 0 aliphatic heterocycles. The van der Waals surface area contributed by atoms with E-state index < -0.39 is 22.0 Å². The minimum Gasteiger partial charge on any atom is -0.325 e. The molecule has 0 aliphatic rings. The van der Waals surface area contributed by atoms with Crippen LogP contribution in [0, 0.1) is 6.92 Å². The van der Waals surface area contributed by atoms with Gasteiger partial charge in [-0.25, -0.2) is 8.42 Å². The van der Waals surface area contributed by atoms with Gasteiger partial charge in [0.25, 0.3) is 0 Å². The average molecular weight is 445 g/mol. The van der Waals surface area contributed by atoms with Crippen molar-refractivity contribution in [2.24, 2.45) is 0 Å². The van der Waals surface area contributed by atoms with Gasteiger partial charge >= 0.3 is 0 Å². The summed E-state index contributed by atoms with van der Waals surface area (Å²) in [5.74, 6) is -0.417. The first-order chi connectivity index (χ1) is 15.4. The third-order valence-corrected chi connectivity index (χ3v) is 6.86. The van der Waals surface area contributed by atoms with E-state index >= 15 is 0 Å². The Labute approximate surface area is 188 Å². The molecule has 0 heterocycles. The van der Waals surface area contributed by atoms with E-state index in [9.17, 15) is 13.2 Å². The fraction of sp³-hybridized carbons (Fsp3) is 0.115. The Balaban J connectivity index is 1.68. The number of carbonyl (C=O) groups excluding carboxylic acids is 1. The second-order valence-electron chi connectivity index (χ2n) is 7.65. The molecule has 1 atom stereocenters. The van der Waals surface area contributed by atoms with Gasteiger partial charge in [0.05, 0.1) is 4.90 Å². The Kier molecular flexibility index (Phi) is 6.35. The number of carbonyl (C=O) groups is 1. The Hall–Kier alpha value is -3.48. The zero-order chi connectivity index (χ0) is 22.6. The minimum absolute atomic E-state index is 0.157. The predicted molar refractivity (Wildman–Crippen MR) is 128 cm³/mol. The van der Waals surface area contributed by atoms with Gasteiger partial charge in [0.1, 0.15) is 6.04 Å². The first-order valence-corrected chi connectivity index (χ1v) is 11.8. The Morgan fingerprint density at radius 3 is 2.06 bits per heavy atom. The van der Waals surface area contributed by atoms with Crippen LogP contribution in [0.2, 0.25) is 0 Å². The number of hydrogen-bond acceptors (Lipinski definition) is 3. The van der Waals surface area contributed by atoms with E-state index in [1.54, 1.807) is 30.3 Å². The molecule has 0 aliphatic carbocycles. The van der Waals surface area contributed by atoms with Crippen LogP contribution in [0.4, 0.5) is 5.69 Å². The third kappa shape index (κ3) is 4.88. The summed E-state index contributed by atoms with van der Waals surface area (Å²) in [7, 11) is -3.97. The van der Waals surface area contributed by atoms with Crippen molar-refractivity contribution in [2.75, 3.05) is 5.32 Å². The van der Waals surface area contributed by atoms with E-state index in [2.05, 4.69) is 10.0 Å². The zero-order valence-corrected chi connectivity index (χ0v) is 18.5. The molecule has 0 fully saturated rings. The molecule has 0 saturated carbocycles. The van der Waals surface area contributed by atoms with Crippen molar-refractivity contribution >= 4 is 32.4 Å². The molecule has 6 heteroatoms. The van der Waals surface area contributed by atoms with Crippen LogP contribution < -0.4 is 10.0 Å².